The molecule has 174 valence electrons. The van der Waals surface area contributed by atoms with Crippen LogP contribution in [0.3, 0.4) is 0 Å². The Morgan fingerprint density at radius 3 is 2.25 bits per heavy atom. The third kappa shape index (κ3) is 6.43. The lowest BCUT2D eigenvalue weighted by Crippen LogP contribution is -2.41. The van der Waals surface area contributed by atoms with Crippen molar-refractivity contribution in [2.24, 2.45) is 5.92 Å². The number of anilines is 1. The van der Waals surface area contributed by atoms with Crippen molar-refractivity contribution in [3.05, 3.63) is 42.0 Å². The van der Waals surface area contributed by atoms with Crippen LogP contribution in [0, 0.1) is 5.92 Å². The van der Waals surface area contributed by atoms with Crippen LogP contribution in [0.2, 0.25) is 0 Å². The standard InChI is InChI=1S/C23H31N3O5S/c1-23(2,3)31-22(28)25-20-14-18-8-6-5-7-17(18)13-19(20)21(27)24-15-16-9-11-26(12-10-16)32(4,29)30/h5-8,13-14,16H,9-12,15H2,1-4H3,(H,24,27)(H,25,28). The topological polar surface area (TPSA) is 105 Å². The molecule has 0 spiro atoms. The first-order chi connectivity index (χ1) is 14.9. The third-order valence-corrected chi connectivity index (χ3v) is 6.66. The van der Waals surface area contributed by atoms with E-state index in [2.05, 4.69) is 10.6 Å². The summed E-state index contributed by atoms with van der Waals surface area (Å²) >= 11 is 0. The molecule has 9 heteroatoms. The molecule has 3 rings (SSSR count). The molecule has 2 amide bonds. The van der Waals surface area contributed by atoms with Crippen LogP contribution < -0.4 is 10.6 Å². The highest BCUT2D eigenvalue weighted by Gasteiger charge is 2.26. The van der Waals surface area contributed by atoms with Gasteiger partial charge in [-0.25, -0.2) is 17.5 Å². The normalized spacial score (nSPS) is 16.0. The number of carbonyl (C=O) groups is 2. The molecule has 1 saturated heterocycles. The number of piperidine rings is 1. The van der Waals surface area contributed by atoms with Crippen LogP contribution in [-0.2, 0) is 14.8 Å². The smallest absolute Gasteiger partial charge is 0.412 e. The van der Waals surface area contributed by atoms with Crippen LogP contribution in [-0.4, -0.2) is 56.2 Å². The van der Waals surface area contributed by atoms with Crippen LogP contribution in [0.25, 0.3) is 10.8 Å². The average molecular weight is 462 g/mol. The molecule has 2 N–H and O–H groups in total. The molecule has 2 aromatic carbocycles. The zero-order valence-corrected chi connectivity index (χ0v) is 19.8. The molecular formula is C23H31N3O5S. The second-order valence-corrected chi connectivity index (χ2v) is 11.2. The summed E-state index contributed by atoms with van der Waals surface area (Å²) in [7, 11) is -3.18. The molecule has 32 heavy (non-hydrogen) atoms. The average Bonchev–Trinajstić information content (AvgIpc) is 2.69. The van der Waals surface area contributed by atoms with Crippen molar-refractivity contribution in [1.82, 2.24) is 9.62 Å². The lowest BCUT2D eigenvalue weighted by Gasteiger charge is -2.30. The number of hydrogen-bond donors (Lipinski definition) is 2. The minimum Gasteiger partial charge on any atom is -0.444 e. The Hall–Kier alpha value is -2.65. The number of ether oxygens (including phenoxy) is 1. The van der Waals surface area contributed by atoms with E-state index in [1.807, 2.05) is 24.3 Å². The van der Waals surface area contributed by atoms with E-state index in [1.165, 1.54) is 10.6 Å². The van der Waals surface area contributed by atoms with Crippen LogP contribution in [0.15, 0.2) is 36.4 Å². The van der Waals surface area contributed by atoms with Gasteiger partial charge in [0.1, 0.15) is 5.60 Å². The van der Waals surface area contributed by atoms with Gasteiger partial charge >= 0.3 is 6.09 Å². The number of nitrogens with zero attached hydrogens (tertiary/aromatic N) is 1. The van der Waals surface area contributed by atoms with Crippen molar-refractivity contribution < 1.29 is 22.7 Å². The zero-order chi connectivity index (χ0) is 23.5. The van der Waals surface area contributed by atoms with Gasteiger partial charge in [0.2, 0.25) is 10.0 Å². The molecule has 0 aromatic heterocycles. The van der Waals surface area contributed by atoms with Gasteiger partial charge in [-0.15, -0.1) is 0 Å². The Bertz CT molecular complexity index is 1100. The fourth-order valence-electron chi connectivity index (χ4n) is 3.72. The fourth-order valence-corrected chi connectivity index (χ4v) is 4.60. The lowest BCUT2D eigenvalue weighted by atomic mass is 9.98. The number of amides is 2. The van der Waals surface area contributed by atoms with E-state index in [0.717, 1.165) is 10.8 Å². The maximum atomic E-state index is 13.0. The SMILES string of the molecule is CC(C)(C)OC(=O)Nc1cc2ccccc2cc1C(=O)NCC1CCN(S(C)(=O)=O)CC1. The van der Waals surface area contributed by atoms with Gasteiger partial charge in [0, 0.05) is 19.6 Å². The highest BCUT2D eigenvalue weighted by molar-refractivity contribution is 7.88. The number of fused-ring (bicyclic) bond motifs is 1. The lowest BCUT2D eigenvalue weighted by molar-refractivity contribution is 0.0636. The Labute approximate surface area is 189 Å². The molecule has 1 aliphatic rings. The van der Waals surface area contributed by atoms with Crippen LogP contribution in [0.5, 0.6) is 0 Å². The molecule has 1 aliphatic heterocycles. The fraction of sp³-hybridized carbons (Fsp3) is 0.478. The highest BCUT2D eigenvalue weighted by atomic mass is 32.2. The number of hydrogen-bond acceptors (Lipinski definition) is 5. The van der Waals surface area contributed by atoms with Crippen molar-refractivity contribution in [3.63, 3.8) is 0 Å². The molecule has 0 aliphatic carbocycles. The van der Waals surface area contributed by atoms with Crippen molar-refractivity contribution in [1.29, 1.82) is 0 Å². The molecule has 0 saturated carbocycles. The number of sulfonamides is 1. The Kier molecular flexibility index (Phi) is 7.09. The van der Waals surface area contributed by atoms with Crippen molar-refractivity contribution in [2.75, 3.05) is 31.2 Å². The summed E-state index contributed by atoms with van der Waals surface area (Å²) in [6.07, 6.45) is 1.96. The van der Waals surface area contributed by atoms with Crippen LogP contribution in [0.1, 0.15) is 44.0 Å². The highest BCUT2D eigenvalue weighted by Crippen LogP contribution is 2.25. The van der Waals surface area contributed by atoms with Gasteiger partial charge < -0.3 is 10.1 Å². The van der Waals surface area contributed by atoms with E-state index in [4.69, 9.17) is 4.74 Å². The predicted molar refractivity (Wildman–Crippen MR) is 125 cm³/mol. The van der Waals surface area contributed by atoms with Gasteiger partial charge in [0.25, 0.3) is 5.91 Å². The van der Waals surface area contributed by atoms with E-state index < -0.39 is 21.7 Å². The summed E-state index contributed by atoms with van der Waals surface area (Å²) in [4.78, 5) is 25.4. The summed E-state index contributed by atoms with van der Waals surface area (Å²) in [5.41, 5.74) is 0.0648. The van der Waals surface area contributed by atoms with E-state index in [0.29, 0.717) is 43.7 Å². The van der Waals surface area contributed by atoms with Crippen LogP contribution >= 0.6 is 0 Å². The minimum atomic E-state index is -3.18. The minimum absolute atomic E-state index is 0.194. The number of rotatable bonds is 5. The summed E-state index contributed by atoms with van der Waals surface area (Å²) in [5, 5.41) is 7.43. The maximum Gasteiger partial charge on any atom is 0.412 e. The first-order valence-corrected chi connectivity index (χ1v) is 12.5. The molecule has 2 aromatic rings. The second kappa shape index (κ2) is 9.46. The van der Waals surface area contributed by atoms with Gasteiger partial charge in [-0.05, 0) is 62.4 Å². The Balaban J connectivity index is 1.73. The van der Waals surface area contributed by atoms with Crippen molar-refractivity contribution in [2.45, 2.75) is 39.2 Å². The largest absolute Gasteiger partial charge is 0.444 e. The molecule has 8 nitrogen and oxygen atoms in total. The van der Waals surface area contributed by atoms with Gasteiger partial charge in [0.05, 0.1) is 17.5 Å². The van der Waals surface area contributed by atoms with Crippen LogP contribution in [0.4, 0.5) is 10.5 Å². The first-order valence-electron chi connectivity index (χ1n) is 10.7. The van der Waals surface area contributed by atoms with E-state index in [-0.39, 0.29) is 11.8 Å². The number of carbonyl (C=O) groups excluding carboxylic acids is 2. The summed E-state index contributed by atoms with van der Waals surface area (Å²) < 4.78 is 30.2. The van der Waals surface area contributed by atoms with Gasteiger partial charge in [0.15, 0.2) is 0 Å². The first kappa shape index (κ1) is 24.0. The zero-order valence-electron chi connectivity index (χ0n) is 19.0. The third-order valence-electron chi connectivity index (χ3n) is 5.36. The molecule has 0 unspecified atom stereocenters. The van der Waals surface area contributed by atoms with Crippen molar-refractivity contribution >= 4 is 38.5 Å². The molecule has 1 fully saturated rings. The number of benzene rings is 2. The monoisotopic (exact) mass is 461 g/mol. The Morgan fingerprint density at radius 1 is 1.09 bits per heavy atom. The summed E-state index contributed by atoms with van der Waals surface area (Å²) in [6.45, 7) is 6.68. The van der Waals surface area contributed by atoms with E-state index in [9.17, 15) is 18.0 Å². The maximum absolute atomic E-state index is 13.0. The Morgan fingerprint density at radius 2 is 1.69 bits per heavy atom. The van der Waals surface area contributed by atoms with E-state index in [1.54, 1.807) is 32.9 Å². The second-order valence-electron chi connectivity index (χ2n) is 9.19. The summed E-state index contributed by atoms with van der Waals surface area (Å²) in [6, 6.07) is 11.1. The molecule has 0 radical (unpaired) electrons. The molecule has 0 bridgehead atoms. The van der Waals surface area contributed by atoms with Gasteiger partial charge in [-0.1, -0.05) is 24.3 Å². The predicted octanol–water partition coefficient (Wildman–Crippen LogP) is 3.59. The van der Waals surface area contributed by atoms with Gasteiger partial charge in [-0.2, -0.15) is 0 Å². The quantitative estimate of drug-likeness (QED) is 0.708. The van der Waals surface area contributed by atoms with Gasteiger partial charge in [-0.3, -0.25) is 10.1 Å². The molecular weight excluding hydrogens is 430 g/mol. The molecule has 1 heterocycles. The van der Waals surface area contributed by atoms with E-state index >= 15 is 0 Å². The number of nitrogens with one attached hydrogen (secondary N) is 2. The van der Waals surface area contributed by atoms with Crippen molar-refractivity contribution in [3.8, 4) is 0 Å². The molecule has 0 atom stereocenters. The summed E-state index contributed by atoms with van der Waals surface area (Å²) in [5.74, 6) is -0.105.